The first-order valence-corrected chi connectivity index (χ1v) is 9.02. The van der Waals surface area contributed by atoms with Crippen LogP contribution < -0.4 is 15.4 Å². The molecule has 2 rings (SSSR count). The van der Waals surface area contributed by atoms with E-state index in [-0.39, 0.29) is 18.5 Å². The molecule has 0 spiro atoms. The van der Waals surface area contributed by atoms with E-state index in [2.05, 4.69) is 39.7 Å². The summed E-state index contributed by atoms with van der Waals surface area (Å²) < 4.78 is 41.9. The fraction of sp³-hybridized carbons (Fsp3) is 0.400. The molecule has 0 aliphatic carbocycles. The van der Waals surface area contributed by atoms with Crippen LogP contribution in [0.4, 0.5) is 13.2 Å². The number of rotatable bonds is 8. The molecule has 28 heavy (non-hydrogen) atoms. The van der Waals surface area contributed by atoms with Crippen LogP contribution in [0.2, 0.25) is 0 Å². The zero-order valence-electron chi connectivity index (χ0n) is 16.0. The predicted octanol–water partition coefficient (Wildman–Crippen LogP) is 3.71. The molecule has 0 fully saturated rings. The minimum Gasteiger partial charge on any atom is -0.468 e. The van der Waals surface area contributed by atoms with Crippen LogP contribution in [0.25, 0.3) is 0 Å². The summed E-state index contributed by atoms with van der Waals surface area (Å²) in [5.41, 5.74) is 1.78. The molecule has 1 atom stereocenters. The maximum atomic E-state index is 12.4. The van der Waals surface area contributed by atoms with Crippen molar-refractivity contribution in [3.63, 3.8) is 0 Å². The van der Waals surface area contributed by atoms with Gasteiger partial charge in [0.1, 0.15) is 0 Å². The topological polar surface area (TPSA) is 58.5 Å². The van der Waals surface area contributed by atoms with Crippen molar-refractivity contribution in [1.82, 2.24) is 15.6 Å². The Balaban J connectivity index is 1.85. The fourth-order valence-corrected chi connectivity index (χ4v) is 2.55. The molecule has 2 N–H and O–H groups in total. The van der Waals surface area contributed by atoms with Crippen LogP contribution in [0.1, 0.15) is 24.5 Å². The third-order valence-electron chi connectivity index (χ3n) is 3.98. The van der Waals surface area contributed by atoms with E-state index < -0.39 is 12.8 Å². The molecule has 0 bridgehead atoms. The van der Waals surface area contributed by atoms with Gasteiger partial charge >= 0.3 is 6.18 Å². The Morgan fingerprint density at radius 3 is 2.61 bits per heavy atom. The molecule has 8 heteroatoms. The fourth-order valence-electron chi connectivity index (χ4n) is 2.55. The van der Waals surface area contributed by atoms with Gasteiger partial charge in [0, 0.05) is 31.4 Å². The second-order valence-corrected chi connectivity index (χ2v) is 6.37. The van der Waals surface area contributed by atoms with Gasteiger partial charge in [-0.1, -0.05) is 36.4 Å². The van der Waals surface area contributed by atoms with Crippen molar-refractivity contribution in [2.24, 2.45) is 4.99 Å². The third kappa shape index (κ3) is 7.85. The van der Waals surface area contributed by atoms with E-state index >= 15 is 0 Å². The van der Waals surface area contributed by atoms with Crippen LogP contribution in [0, 0.1) is 0 Å². The molecule has 0 radical (unpaired) electrons. The highest BCUT2D eigenvalue weighted by molar-refractivity contribution is 5.79. The molecule has 1 aromatic carbocycles. The smallest absolute Gasteiger partial charge is 0.422 e. The number of aromatic nitrogens is 1. The number of pyridine rings is 1. The summed E-state index contributed by atoms with van der Waals surface area (Å²) >= 11 is 0. The lowest BCUT2D eigenvalue weighted by Gasteiger charge is -2.18. The minimum atomic E-state index is -4.41. The van der Waals surface area contributed by atoms with Gasteiger partial charge in [-0.15, -0.1) is 0 Å². The maximum Gasteiger partial charge on any atom is 0.422 e. The molecule has 2 aromatic rings. The number of nitrogens with one attached hydrogen (secondary N) is 2. The summed E-state index contributed by atoms with van der Waals surface area (Å²) in [6.45, 7) is 0.921. The third-order valence-corrected chi connectivity index (χ3v) is 3.98. The van der Waals surface area contributed by atoms with E-state index in [1.54, 1.807) is 19.2 Å². The van der Waals surface area contributed by atoms with E-state index in [9.17, 15) is 13.2 Å². The van der Waals surface area contributed by atoms with Crippen LogP contribution in [0.15, 0.2) is 53.7 Å². The number of aliphatic imine (C=N–C) groups is 1. The van der Waals surface area contributed by atoms with Crippen molar-refractivity contribution < 1.29 is 17.9 Å². The molecule has 0 aliphatic heterocycles. The Morgan fingerprint density at radius 2 is 1.93 bits per heavy atom. The molecule has 5 nitrogen and oxygen atoms in total. The van der Waals surface area contributed by atoms with Crippen molar-refractivity contribution >= 4 is 5.96 Å². The van der Waals surface area contributed by atoms with Crippen LogP contribution >= 0.6 is 0 Å². The molecule has 152 valence electrons. The van der Waals surface area contributed by atoms with E-state index in [4.69, 9.17) is 4.74 Å². The monoisotopic (exact) mass is 394 g/mol. The van der Waals surface area contributed by atoms with Crippen molar-refractivity contribution in [3.05, 3.63) is 59.8 Å². The second-order valence-electron chi connectivity index (χ2n) is 6.37. The zero-order chi connectivity index (χ0) is 20.4. The van der Waals surface area contributed by atoms with Gasteiger partial charge in [-0.2, -0.15) is 13.2 Å². The number of nitrogens with zero attached hydrogens (tertiary/aromatic N) is 2. The van der Waals surface area contributed by atoms with Crippen LogP contribution in [0.5, 0.6) is 5.88 Å². The molecule has 1 unspecified atom stereocenters. The van der Waals surface area contributed by atoms with E-state index in [0.29, 0.717) is 11.5 Å². The van der Waals surface area contributed by atoms with E-state index in [1.807, 2.05) is 18.2 Å². The number of aryl methyl sites for hydroxylation is 1. The normalized spacial score (nSPS) is 13.1. The van der Waals surface area contributed by atoms with Gasteiger partial charge in [-0.05, 0) is 31.4 Å². The molecule has 0 saturated heterocycles. The summed E-state index contributed by atoms with van der Waals surface area (Å²) in [7, 11) is 1.64. The number of alkyl halides is 3. The van der Waals surface area contributed by atoms with Crippen LogP contribution in [-0.4, -0.2) is 36.8 Å². The van der Waals surface area contributed by atoms with Crippen molar-refractivity contribution in [3.8, 4) is 5.88 Å². The van der Waals surface area contributed by atoms with Crippen molar-refractivity contribution in [1.29, 1.82) is 0 Å². The molecular formula is C20H25F3N4O. The zero-order valence-corrected chi connectivity index (χ0v) is 16.0. The van der Waals surface area contributed by atoms with Gasteiger partial charge in [0.2, 0.25) is 5.88 Å². The summed E-state index contributed by atoms with van der Waals surface area (Å²) in [5, 5.41) is 6.37. The Hall–Kier alpha value is -2.77. The molecular weight excluding hydrogens is 369 g/mol. The number of benzene rings is 1. The number of guanidine groups is 1. The number of hydrogen-bond donors (Lipinski definition) is 2. The first-order valence-electron chi connectivity index (χ1n) is 9.02. The number of ether oxygens (including phenoxy) is 1. The lowest BCUT2D eigenvalue weighted by molar-refractivity contribution is -0.154. The number of halogens is 3. The van der Waals surface area contributed by atoms with Gasteiger partial charge in [-0.25, -0.2) is 4.98 Å². The molecule has 0 aliphatic rings. The standard InChI is InChI=1S/C20H25F3N4O/c1-15(10-11-16-7-4-3-5-8-16)27-19(24-2)26-13-17-9-6-12-25-18(17)28-14-20(21,22)23/h3-9,12,15H,10-11,13-14H2,1-2H3,(H2,24,26,27). The molecule has 0 saturated carbocycles. The first kappa shape index (κ1) is 21.5. The summed E-state index contributed by atoms with van der Waals surface area (Å²) in [4.78, 5) is 8.05. The Bertz CT molecular complexity index is 751. The Kier molecular flexibility index (Phi) is 8.10. The summed E-state index contributed by atoms with van der Waals surface area (Å²) in [5.74, 6) is 0.520. The highest BCUT2D eigenvalue weighted by Crippen LogP contribution is 2.19. The van der Waals surface area contributed by atoms with Gasteiger partial charge in [0.25, 0.3) is 0 Å². The van der Waals surface area contributed by atoms with Crippen LogP contribution in [-0.2, 0) is 13.0 Å². The predicted molar refractivity (Wildman–Crippen MR) is 103 cm³/mol. The van der Waals surface area contributed by atoms with Crippen molar-refractivity contribution in [2.45, 2.75) is 38.5 Å². The van der Waals surface area contributed by atoms with Crippen molar-refractivity contribution in [2.75, 3.05) is 13.7 Å². The Morgan fingerprint density at radius 1 is 1.18 bits per heavy atom. The average Bonchev–Trinajstić information content (AvgIpc) is 2.68. The number of hydrogen-bond acceptors (Lipinski definition) is 3. The van der Waals surface area contributed by atoms with E-state index in [1.165, 1.54) is 11.8 Å². The van der Waals surface area contributed by atoms with Gasteiger partial charge < -0.3 is 15.4 Å². The highest BCUT2D eigenvalue weighted by atomic mass is 19.4. The molecule has 1 aromatic heterocycles. The minimum absolute atomic E-state index is 0.0418. The van der Waals surface area contributed by atoms with Gasteiger partial charge in [0.05, 0.1) is 0 Å². The van der Waals surface area contributed by atoms with E-state index in [0.717, 1.165) is 12.8 Å². The van der Waals surface area contributed by atoms with Crippen LogP contribution in [0.3, 0.4) is 0 Å². The SMILES string of the molecule is CN=C(NCc1cccnc1OCC(F)(F)F)NC(C)CCc1ccccc1. The summed E-state index contributed by atoms with van der Waals surface area (Å²) in [6, 6.07) is 13.7. The molecule has 1 heterocycles. The second kappa shape index (κ2) is 10.5. The average molecular weight is 394 g/mol. The summed E-state index contributed by atoms with van der Waals surface area (Å²) in [6.07, 6.45) is -1.16. The van der Waals surface area contributed by atoms with Gasteiger partial charge in [-0.3, -0.25) is 4.99 Å². The lowest BCUT2D eigenvalue weighted by atomic mass is 10.1. The molecule has 0 amide bonds. The van der Waals surface area contributed by atoms with Gasteiger partial charge in [0.15, 0.2) is 12.6 Å². The first-order chi connectivity index (χ1) is 13.4. The quantitative estimate of drug-likeness (QED) is 0.529. The highest BCUT2D eigenvalue weighted by Gasteiger charge is 2.29. The maximum absolute atomic E-state index is 12.4. The Labute approximate surface area is 163 Å². The largest absolute Gasteiger partial charge is 0.468 e. The lowest BCUT2D eigenvalue weighted by Crippen LogP contribution is -2.42.